The molecule has 2 unspecified atom stereocenters. The maximum atomic E-state index is 12.4. The van der Waals surface area contributed by atoms with Crippen LogP contribution >= 0.6 is 0 Å². The summed E-state index contributed by atoms with van der Waals surface area (Å²) in [6, 6.07) is 0.470. The fraction of sp³-hybridized carbons (Fsp3) is 0.667. The van der Waals surface area contributed by atoms with Crippen molar-refractivity contribution in [2.45, 2.75) is 39.8 Å². The van der Waals surface area contributed by atoms with Gasteiger partial charge in [0.1, 0.15) is 0 Å². The molecule has 2 heterocycles. The van der Waals surface area contributed by atoms with Gasteiger partial charge in [0.05, 0.1) is 5.69 Å². The van der Waals surface area contributed by atoms with E-state index in [1.165, 1.54) is 0 Å². The van der Waals surface area contributed by atoms with Crippen molar-refractivity contribution in [3.05, 3.63) is 17.3 Å². The lowest BCUT2D eigenvalue weighted by atomic mass is 10.1. The highest BCUT2D eigenvalue weighted by Gasteiger charge is 2.31. The molecule has 1 amide bonds. The summed E-state index contributed by atoms with van der Waals surface area (Å²) in [6.45, 7) is 9.23. The Labute approximate surface area is 101 Å². The maximum Gasteiger partial charge on any atom is 0.291 e. The molecule has 94 valence electrons. The van der Waals surface area contributed by atoms with Crippen molar-refractivity contribution in [1.29, 1.82) is 0 Å². The Morgan fingerprint density at radius 3 is 2.76 bits per heavy atom. The molecule has 0 saturated carbocycles. The molecular formula is C12H19N3O2. The Kier molecular flexibility index (Phi) is 3.19. The smallest absolute Gasteiger partial charge is 0.291 e. The first-order valence-corrected chi connectivity index (χ1v) is 5.99. The minimum absolute atomic E-state index is 0.0519. The van der Waals surface area contributed by atoms with E-state index >= 15 is 0 Å². The van der Waals surface area contributed by atoms with Gasteiger partial charge in [0.25, 0.3) is 5.91 Å². The maximum absolute atomic E-state index is 12.4. The van der Waals surface area contributed by atoms with Gasteiger partial charge in [-0.2, -0.15) is 0 Å². The van der Waals surface area contributed by atoms with Crippen LogP contribution in [-0.4, -0.2) is 41.0 Å². The Hall–Kier alpha value is -1.36. The van der Waals surface area contributed by atoms with E-state index in [2.05, 4.69) is 17.2 Å². The highest BCUT2D eigenvalue weighted by molar-refractivity contribution is 5.92. The number of aromatic nitrogens is 1. The highest BCUT2D eigenvalue weighted by atomic mass is 16.4. The Balaban J connectivity index is 2.22. The van der Waals surface area contributed by atoms with Gasteiger partial charge in [-0.1, -0.05) is 0 Å². The summed E-state index contributed by atoms with van der Waals surface area (Å²) >= 11 is 0. The van der Waals surface area contributed by atoms with E-state index in [9.17, 15) is 4.79 Å². The van der Waals surface area contributed by atoms with Gasteiger partial charge in [-0.3, -0.25) is 4.79 Å². The van der Waals surface area contributed by atoms with Crippen molar-refractivity contribution in [1.82, 2.24) is 15.2 Å². The van der Waals surface area contributed by atoms with E-state index < -0.39 is 0 Å². The zero-order valence-corrected chi connectivity index (χ0v) is 10.8. The fourth-order valence-corrected chi connectivity index (χ4v) is 2.20. The SMILES string of the molecule is Cc1nc(C)c(C(=O)N2CCNC(C)C2C)o1. The van der Waals surface area contributed by atoms with Crippen molar-refractivity contribution in [3.8, 4) is 0 Å². The van der Waals surface area contributed by atoms with E-state index in [4.69, 9.17) is 4.42 Å². The molecule has 2 rings (SSSR count). The summed E-state index contributed by atoms with van der Waals surface area (Å²) in [5.74, 6) is 0.870. The molecule has 1 aliphatic heterocycles. The van der Waals surface area contributed by atoms with Crippen molar-refractivity contribution >= 4 is 5.91 Å². The van der Waals surface area contributed by atoms with Gasteiger partial charge >= 0.3 is 0 Å². The Morgan fingerprint density at radius 2 is 2.18 bits per heavy atom. The zero-order valence-electron chi connectivity index (χ0n) is 10.8. The van der Waals surface area contributed by atoms with Crippen LogP contribution in [0.4, 0.5) is 0 Å². The first-order valence-electron chi connectivity index (χ1n) is 5.99. The number of hydrogen-bond acceptors (Lipinski definition) is 4. The number of oxazole rings is 1. The molecule has 0 radical (unpaired) electrons. The molecule has 17 heavy (non-hydrogen) atoms. The molecule has 0 bridgehead atoms. The van der Waals surface area contributed by atoms with Gasteiger partial charge in [-0.05, 0) is 20.8 Å². The lowest BCUT2D eigenvalue weighted by Crippen LogP contribution is -2.57. The molecule has 1 saturated heterocycles. The topological polar surface area (TPSA) is 58.4 Å². The molecule has 5 nitrogen and oxygen atoms in total. The first-order chi connectivity index (χ1) is 8.00. The van der Waals surface area contributed by atoms with Crippen molar-refractivity contribution in [2.75, 3.05) is 13.1 Å². The summed E-state index contributed by atoms with van der Waals surface area (Å²) in [4.78, 5) is 18.4. The van der Waals surface area contributed by atoms with E-state index in [1.807, 2.05) is 11.8 Å². The number of piperazine rings is 1. The number of nitrogens with one attached hydrogen (secondary N) is 1. The molecule has 1 fully saturated rings. The van der Waals surface area contributed by atoms with Crippen LogP contribution < -0.4 is 5.32 Å². The minimum Gasteiger partial charge on any atom is -0.436 e. The molecule has 0 spiro atoms. The van der Waals surface area contributed by atoms with Crippen LogP contribution in [0.25, 0.3) is 0 Å². The van der Waals surface area contributed by atoms with Crippen LogP contribution in [0, 0.1) is 13.8 Å². The van der Waals surface area contributed by atoms with Gasteiger partial charge in [-0.15, -0.1) is 0 Å². The Morgan fingerprint density at radius 1 is 1.47 bits per heavy atom. The second-order valence-corrected chi connectivity index (χ2v) is 4.63. The number of amides is 1. The van der Waals surface area contributed by atoms with Crippen LogP contribution in [0.15, 0.2) is 4.42 Å². The normalized spacial score (nSPS) is 25.1. The Bertz CT molecular complexity index is 427. The third kappa shape index (κ3) is 2.20. The van der Waals surface area contributed by atoms with E-state index in [0.29, 0.717) is 29.9 Å². The molecule has 0 aliphatic carbocycles. The fourth-order valence-electron chi connectivity index (χ4n) is 2.20. The zero-order chi connectivity index (χ0) is 12.6. The first kappa shape index (κ1) is 12.1. The molecule has 0 aromatic carbocycles. The van der Waals surface area contributed by atoms with Gasteiger partial charge < -0.3 is 14.6 Å². The quantitative estimate of drug-likeness (QED) is 0.795. The number of rotatable bonds is 1. The lowest BCUT2D eigenvalue weighted by Gasteiger charge is -2.38. The summed E-state index contributed by atoms with van der Waals surface area (Å²) in [6.07, 6.45) is 0. The molecular weight excluding hydrogens is 218 g/mol. The largest absolute Gasteiger partial charge is 0.436 e. The predicted octanol–water partition coefficient (Wildman–Crippen LogP) is 1.11. The van der Waals surface area contributed by atoms with Crippen LogP contribution in [-0.2, 0) is 0 Å². The monoisotopic (exact) mass is 237 g/mol. The number of carbonyl (C=O) groups is 1. The molecule has 1 aliphatic rings. The summed E-state index contributed by atoms with van der Waals surface area (Å²) in [5, 5.41) is 3.35. The molecule has 1 aromatic heterocycles. The predicted molar refractivity (Wildman–Crippen MR) is 63.9 cm³/mol. The highest BCUT2D eigenvalue weighted by Crippen LogP contribution is 2.17. The number of aryl methyl sites for hydroxylation is 2. The standard InChI is InChI=1S/C12H19N3O2/c1-7-9(3)15(6-5-13-7)12(16)11-8(2)14-10(4)17-11/h7,9,13H,5-6H2,1-4H3. The number of hydrogen-bond donors (Lipinski definition) is 1. The summed E-state index contributed by atoms with van der Waals surface area (Å²) in [7, 11) is 0. The van der Waals surface area contributed by atoms with E-state index in [1.54, 1.807) is 13.8 Å². The van der Waals surface area contributed by atoms with Gasteiger partial charge in [0.2, 0.25) is 5.76 Å². The third-order valence-electron chi connectivity index (χ3n) is 3.39. The van der Waals surface area contributed by atoms with Gasteiger partial charge in [-0.25, -0.2) is 4.98 Å². The number of carbonyl (C=O) groups excluding carboxylic acids is 1. The second-order valence-electron chi connectivity index (χ2n) is 4.63. The minimum atomic E-state index is -0.0519. The molecule has 1 aromatic rings. The van der Waals surface area contributed by atoms with Gasteiger partial charge in [0.15, 0.2) is 5.89 Å². The van der Waals surface area contributed by atoms with Crippen molar-refractivity contribution in [3.63, 3.8) is 0 Å². The van der Waals surface area contributed by atoms with Gasteiger partial charge in [0, 0.05) is 32.1 Å². The van der Waals surface area contributed by atoms with E-state index in [0.717, 1.165) is 6.54 Å². The third-order valence-corrected chi connectivity index (χ3v) is 3.39. The second kappa shape index (κ2) is 4.49. The lowest BCUT2D eigenvalue weighted by molar-refractivity contribution is 0.0568. The summed E-state index contributed by atoms with van der Waals surface area (Å²) < 4.78 is 5.39. The molecule has 5 heteroatoms. The average molecular weight is 237 g/mol. The van der Waals surface area contributed by atoms with Crippen LogP contribution in [0.2, 0.25) is 0 Å². The van der Waals surface area contributed by atoms with E-state index in [-0.39, 0.29) is 11.9 Å². The molecule has 1 N–H and O–H groups in total. The van der Waals surface area contributed by atoms with Crippen LogP contribution in [0.1, 0.15) is 36.0 Å². The van der Waals surface area contributed by atoms with Crippen LogP contribution in [0.5, 0.6) is 0 Å². The van der Waals surface area contributed by atoms with Crippen molar-refractivity contribution in [2.24, 2.45) is 0 Å². The van der Waals surface area contributed by atoms with Crippen LogP contribution in [0.3, 0.4) is 0 Å². The summed E-state index contributed by atoms with van der Waals surface area (Å²) in [5.41, 5.74) is 0.672. The van der Waals surface area contributed by atoms with Crippen molar-refractivity contribution < 1.29 is 9.21 Å². The number of nitrogens with zero attached hydrogens (tertiary/aromatic N) is 2. The molecule has 2 atom stereocenters. The average Bonchev–Trinajstić information content (AvgIpc) is 2.61.